The Bertz CT molecular complexity index is 594. The van der Waals surface area contributed by atoms with Crippen LogP contribution in [0.4, 0.5) is 0 Å². The number of hydrogen-bond donors (Lipinski definition) is 0. The number of rotatable bonds is 2. The van der Waals surface area contributed by atoms with Crippen molar-refractivity contribution in [2.45, 2.75) is 32.1 Å². The second kappa shape index (κ2) is 4.89. The molecule has 0 amide bonds. The largest absolute Gasteiger partial charge is 0.337 e. The fourth-order valence-corrected chi connectivity index (χ4v) is 2.11. The van der Waals surface area contributed by atoms with Gasteiger partial charge in [-0.2, -0.15) is 5.26 Å². The molecular formula is C16H19N3. The molecule has 2 aromatic rings. The van der Waals surface area contributed by atoms with E-state index in [2.05, 4.69) is 44.0 Å². The lowest BCUT2D eigenvalue weighted by Crippen LogP contribution is -2.11. The van der Waals surface area contributed by atoms with Crippen LogP contribution in [0.15, 0.2) is 36.7 Å². The van der Waals surface area contributed by atoms with Gasteiger partial charge in [-0.1, -0.05) is 45.0 Å². The molecule has 0 radical (unpaired) electrons. The van der Waals surface area contributed by atoms with Crippen molar-refractivity contribution in [1.29, 1.82) is 5.26 Å². The molecule has 0 bridgehead atoms. The molecule has 0 fully saturated rings. The first-order chi connectivity index (χ1) is 8.93. The van der Waals surface area contributed by atoms with Gasteiger partial charge in [0.25, 0.3) is 0 Å². The molecule has 0 N–H and O–H groups in total. The number of nitrogens with zero attached hydrogens (tertiary/aromatic N) is 3. The molecule has 0 aliphatic rings. The number of hydrogen-bond acceptors (Lipinski definition) is 2. The van der Waals surface area contributed by atoms with Crippen molar-refractivity contribution in [1.82, 2.24) is 9.55 Å². The molecule has 98 valence electrons. The molecular weight excluding hydrogens is 234 g/mol. The van der Waals surface area contributed by atoms with Gasteiger partial charge >= 0.3 is 0 Å². The van der Waals surface area contributed by atoms with Crippen LogP contribution in [-0.4, -0.2) is 9.55 Å². The maximum Gasteiger partial charge on any atom is 0.130 e. The third-order valence-corrected chi connectivity index (χ3v) is 3.36. The highest BCUT2D eigenvalue weighted by atomic mass is 15.0. The number of aryl methyl sites for hydroxylation is 1. The average Bonchev–Trinajstić information content (AvgIpc) is 2.76. The molecule has 1 aromatic heterocycles. The summed E-state index contributed by atoms with van der Waals surface area (Å²) in [7, 11) is 1.91. The van der Waals surface area contributed by atoms with E-state index < -0.39 is 0 Å². The van der Waals surface area contributed by atoms with E-state index in [4.69, 9.17) is 0 Å². The van der Waals surface area contributed by atoms with Crippen molar-refractivity contribution >= 4 is 0 Å². The summed E-state index contributed by atoms with van der Waals surface area (Å²) >= 11 is 0. The zero-order valence-corrected chi connectivity index (χ0v) is 11.9. The first kappa shape index (κ1) is 13.4. The summed E-state index contributed by atoms with van der Waals surface area (Å²) in [6, 6.07) is 10.6. The van der Waals surface area contributed by atoms with E-state index in [-0.39, 0.29) is 11.3 Å². The van der Waals surface area contributed by atoms with Gasteiger partial charge in [0, 0.05) is 19.4 Å². The second-order valence-corrected chi connectivity index (χ2v) is 5.83. The van der Waals surface area contributed by atoms with Gasteiger partial charge in [-0.25, -0.2) is 4.98 Å². The summed E-state index contributed by atoms with van der Waals surface area (Å²) in [6.45, 7) is 6.55. The Kier molecular flexibility index (Phi) is 3.44. The Labute approximate surface area is 114 Å². The van der Waals surface area contributed by atoms with Gasteiger partial charge < -0.3 is 4.57 Å². The smallest absolute Gasteiger partial charge is 0.130 e. The van der Waals surface area contributed by atoms with Gasteiger partial charge in [0.05, 0.1) is 6.07 Å². The molecule has 3 nitrogen and oxygen atoms in total. The standard InChI is InChI=1S/C16H19N3/c1-16(2,3)13-7-5-12(6-8-13)14(11-17)15-18-9-10-19(15)4/h5-10,14H,1-4H3. The van der Waals surface area contributed by atoms with Crippen molar-refractivity contribution in [3.63, 3.8) is 0 Å². The summed E-state index contributed by atoms with van der Waals surface area (Å²) < 4.78 is 1.89. The minimum absolute atomic E-state index is 0.129. The third kappa shape index (κ3) is 2.68. The first-order valence-electron chi connectivity index (χ1n) is 6.41. The van der Waals surface area contributed by atoms with Crippen molar-refractivity contribution in [3.05, 3.63) is 53.6 Å². The number of benzene rings is 1. The lowest BCUT2D eigenvalue weighted by Gasteiger charge is -2.19. The molecule has 0 spiro atoms. The number of imidazole rings is 1. The van der Waals surface area contributed by atoms with Crippen LogP contribution in [0.25, 0.3) is 0 Å². The Morgan fingerprint density at radius 2 is 1.84 bits per heavy atom. The van der Waals surface area contributed by atoms with Crippen LogP contribution >= 0.6 is 0 Å². The lowest BCUT2D eigenvalue weighted by molar-refractivity contribution is 0.590. The Morgan fingerprint density at radius 1 is 1.21 bits per heavy atom. The molecule has 1 aromatic carbocycles. The SMILES string of the molecule is Cn1ccnc1C(C#N)c1ccc(C(C)(C)C)cc1. The molecule has 3 heteroatoms. The van der Waals surface area contributed by atoms with Crippen molar-refractivity contribution < 1.29 is 0 Å². The maximum atomic E-state index is 9.40. The highest BCUT2D eigenvalue weighted by molar-refractivity contribution is 5.36. The monoisotopic (exact) mass is 253 g/mol. The van der Waals surface area contributed by atoms with E-state index in [1.807, 2.05) is 29.9 Å². The number of nitriles is 1. The quantitative estimate of drug-likeness (QED) is 0.823. The van der Waals surface area contributed by atoms with Gasteiger partial charge in [0.2, 0.25) is 0 Å². The van der Waals surface area contributed by atoms with Crippen molar-refractivity contribution in [2.75, 3.05) is 0 Å². The Hall–Kier alpha value is -2.08. The van der Waals surface area contributed by atoms with Crippen LogP contribution in [0.1, 0.15) is 43.6 Å². The minimum atomic E-state index is -0.311. The molecule has 0 aliphatic carbocycles. The Morgan fingerprint density at radius 3 is 2.26 bits per heavy atom. The summed E-state index contributed by atoms with van der Waals surface area (Å²) in [5.74, 6) is 0.472. The second-order valence-electron chi connectivity index (χ2n) is 5.83. The maximum absolute atomic E-state index is 9.40. The molecule has 0 aliphatic heterocycles. The normalized spacial score (nSPS) is 13.0. The third-order valence-electron chi connectivity index (χ3n) is 3.36. The number of aromatic nitrogens is 2. The fourth-order valence-electron chi connectivity index (χ4n) is 2.11. The van der Waals surface area contributed by atoms with Crippen molar-refractivity contribution in [2.24, 2.45) is 7.05 Å². The van der Waals surface area contributed by atoms with E-state index in [0.29, 0.717) is 0 Å². The van der Waals surface area contributed by atoms with E-state index in [9.17, 15) is 5.26 Å². The zero-order valence-electron chi connectivity index (χ0n) is 11.9. The van der Waals surface area contributed by atoms with Crippen LogP contribution in [0.5, 0.6) is 0 Å². The van der Waals surface area contributed by atoms with E-state index in [1.165, 1.54) is 5.56 Å². The molecule has 0 saturated carbocycles. The van der Waals surface area contributed by atoms with E-state index in [0.717, 1.165) is 11.4 Å². The molecule has 2 rings (SSSR count). The van der Waals surface area contributed by atoms with E-state index in [1.54, 1.807) is 6.20 Å². The predicted octanol–water partition coefficient (Wildman–Crippen LogP) is 3.37. The predicted molar refractivity (Wildman–Crippen MR) is 75.8 cm³/mol. The minimum Gasteiger partial charge on any atom is -0.337 e. The summed E-state index contributed by atoms with van der Waals surface area (Å²) in [4.78, 5) is 4.27. The summed E-state index contributed by atoms with van der Waals surface area (Å²) in [5.41, 5.74) is 2.39. The van der Waals surface area contributed by atoms with Crippen LogP contribution < -0.4 is 0 Å². The summed E-state index contributed by atoms with van der Waals surface area (Å²) in [6.07, 6.45) is 3.59. The van der Waals surface area contributed by atoms with Crippen molar-refractivity contribution in [3.8, 4) is 6.07 Å². The van der Waals surface area contributed by atoms with Gasteiger partial charge in [-0.15, -0.1) is 0 Å². The molecule has 1 atom stereocenters. The average molecular weight is 253 g/mol. The van der Waals surface area contributed by atoms with Gasteiger partial charge in [0.15, 0.2) is 0 Å². The van der Waals surface area contributed by atoms with Gasteiger partial charge in [-0.05, 0) is 16.5 Å². The molecule has 19 heavy (non-hydrogen) atoms. The molecule has 1 heterocycles. The van der Waals surface area contributed by atoms with Crippen LogP contribution in [0.3, 0.4) is 0 Å². The van der Waals surface area contributed by atoms with Gasteiger partial charge in [0.1, 0.15) is 11.7 Å². The van der Waals surface area contributed by atoms with Crippen LogP contribution in [0, 0.1) is 11.3 Å². The molecule has 0 saturated heterocycles. The van der Waals surface area contributed by atoms with E-state index >= 15 is 0 Å². The topological polar surface area (TPSA) is 41.6 Å². The first-order valence-corrected chi connectivity index (χ1v) is 6.41. The van der Waals surface area contributed by atoms with Crippen LogP contribution in [0.2, 0.25) is 0 Å². The summed E-state index contributed by atoms with van der Waals surface area (Å²) in [5, 5.41) is 9.40. The lowest BCUT2D eigenvalue weighted by atomic mass is 9.85. The highest BCUT2D eigenvalue weighted by Crippen LogP contribution is 2.26. The highest BCUT2D eigenvalue weighted by Gasteiger charge is 2.19. The molecule has 1 unspecified atom stereocenters. The Balaban J connectivity index is 2.36. The zero-order chi connectivity index (χ0) is 14.0. The van der Waals surface area contributed by atoms with Crippen LogP contribution in [-0.2, 0) is 12.5 Å². The fraction of sp³-hybridized carbons (Fsp3) is 0.375. The van der Waals surface area contributed by atoms with Gasteiger partial charge in [-0.3, -0.25) is 0 Å².